The van der Waals surface area contributed by atoms with Crippen LogP contribution in [0.4, 0.5) is 0 Å². The zero-order valence-electron chi connectivity index (χ0n) is 16.7. The monoisotopic (exact) mass is 427 g/mol. The van der Waals surface area contributed by atoms with Crippen molar-refractivity contribution in [2.45, 2.75) is 12.6 Å². The molecule has 0 bridgehead atoms. The summed E-state index contributed by atoms with van der Waals surface area (Å²) in [7, 11) is 0. The Bertz CT molecular complexity index is 1050. The molecule has 0 saturated carbocycles. The van der Waals surface area contributed by atoms with E-state index in [1.54, 1.807) is 0 Å². The molecule has 0 heterocycles. The number of benzene rings is 4. The molecule has 0 aliphatic rings. The third-order valence-electron chi connectivity index (χ3n) is 5.67. The van der Waals surface area contributed by atoms with Crippen LogP contribution in [0.5, 0.6) is 0 Å². The van der Waals surface area contributed by atoms with Crippen LogP contribution in [-0.4, -0.2) is 0 Å². The van der Waals surface area contributed by atoms with Gasteiger partial charge in [0.05, 0.1) is 0 Å². The van der Waals surface area contributed by atoms with Gasteiger partial charge in [-0.2, -0.15) is 0 Å². The summed E-state index contributed by atoms with van der Waals surface area (Å²) >= 11 is 8.09. The minimum absolute atomic E-state index is 0.417. The van der Waals surface area contributed by atoms with Crippen molar-refractivity contribution >= 4 is 33.1 Å². The van der Waals surface area contributed by atoms with Gasteiger partial charge in [-0.3, -0.25) is 0 Å². The Morgan fingerprint density at radius 2 is 0.933 bits per heavy atom. The first-order valence-electron chi connectivity index (χ1n) is 9.99. The molecule has 0 fully saturated rings. The van der Waals surface area contributed by atoms with Crippen LogP contribution in [0.25, 0.3) is 0 Å². The van der Waals surface area contributed by atoms with Crippen molar-refractivity contribution in [3.63, 3.8) is 0 Å². The number of nitrogens with zero attached hydrogens (tertiary/aromatic N) is 1. The van der Waals surface area contributed by atoms with E-state index in [0.29, 0.717) is 12.6 Å². The first-order chi connectivity index (χ1) is 14.6. The molecule has 0 spiro atoms. The van der Waals surface area contributed by atoms with Crippen molar-refractivity contribution in [3.8, 4) is 6.07 Å². The van der Waals surface area contributed by atoms with Crippen LogP contribution in [0.2, 0.25) is 0 Å². The van der Waals surface area contributed by atoms with Crippen molar-refractivity contribution in [3.05, 3.63) is 126 Å². The average Bonchev–Trinajstić information content (AvgIpc) is 2.82. The summed E-state index contributed by atoms with van der Waals surface area (Å²) in [5.74, 6) is -3.31. The SMILES string of the molecule is N#CCc1ccc(CP(Cl)(c2ccccc2)(c2ccccc2)c2ccccc2)cc1. The molecule has 1 nitrogen and oxygen atoms in total. The fraction of sp³-hybridized carbons (Fsp3) is 0.0741. The van der Waals surface area contributed by atoms with E-state index in [4.69, 9.17) is 16.5 Å². The van der Waals surface area contributed by atoms with Gasteiger partial charge in [-0.05, 0) is 0 Å². The third-order valence-corrected chi connectivity index (χ3v) is 12.9. The molecular weight excluding hydrogens is 405 g/mol. The predicted molar refractivity (Wildman–Crippen MR) is 130 cm³/mol. The fourth-order valence-electron chi connectivity index (χ4n) is 4.13. The topological polar surface area (TPSA) is 23.8 Å². The second-order valence-corrected chi connectivity index (χ2v) is 14.0. The molecule has 30 heavy (non-hydrogen) atoms. The molecule has 0 unspecified atom stereocenters. The first-order valence-corrected chi connectivity index (χ1v) is 13.3. The first kappa shape index (κ1) is 20.4. The average molecular weight is 428 g/mol. The molecule has 0 radical (unpaired) electrons. The van der Waals surface area contributed by atoms with Gasteiger partial charge in [0, 0.05) is 0 Å². The molecule has 0 aliphatic carbocycles. The molecule has 0 amide bonds. The van der Waals surface area contributed by atoms with Crippen LogP contribution < -0.4 is 15.9 Å². The quantitative estimate of drug-likeness (QED) is 0.349. The summed E-state index contributed by atoms with van der Waals surface area (Å²) in [6.45, 7) is 0. The van der Waals surface area contributed by atoms with Crippen LogP contribution in [0.1, 0.15) is 11.1 Å². The van der Waals surface area contributed by atoms with Gasteiger partial charge in [0.1, 0.15) is 0 Å². The second-order valence-electron chi connectivity index (χ2n) is 7.50. The number of hydrogen-bond donors (Lipinski definition) is 0. The molecular formula is C27H23ClNP. The van der Waals surface area contributed by atoms with E-state index in [2.05, 4.69) is 91.0 Å². The van der Waals surface area contributed by atoms with Gasteiger partial charge in [-0.1, -0.05) is 0 Å². The van der Waals surface area contributed by atoms with Crippen molar-refractivity contribution in [1.82, 2.24) is 0 Å². The predicted octanol–water partition coefficient (Wildman–Crippen LogP) is 5.94. The summed E-state index contributed by atoms with van der Waals surface area (Å²) in [4.78, 5) is 0. The molecule has 3 heteroatoms. The Hall–Kier alpha value is -2.91. The fourth-order valence-corrected chi connectivity index (χ4v) is 10.3. The van der Waals surface area contributed by atoms with E-state index >= 15 is 0 Å². The van der Waals surface area contributed by atoms with Gasteiger partial charge in [0.2, 0.25) is 0 Å². The Morgan fingerprint density at radius 1 is 0.567 bits per heavy atom. The molecule has 148 valence electrons. The molecule has 0 atom stereocenters. The number of hydrogen-bond acceptors (Lipinski definition) is 1. The molecule has 4 rings (SSSR count). The van der Waals surface area contributed by atoms with Crippen LogP contribution >= 0.6 is 17.2 Å². The normalized spacial score (nSPS) is 12.5. The summed E-state index contributed by atoms with van der Waals surface area (Å²) < 4.78 is 0. The van der Waals surface area contributed by atoms with E-state index in [1.165, 1.54) is 5.56 Å². The molecule has 0 aliphatic heterocycles. The van der Waals surface area contributed by atoms with Crippen LogP contribution in [0.3, 0.4) is 0 Å². The third kappa shape index (κ3) is 3.54. The van der Waals surface area contributed by atoms with E-state index in [-0.39, 0.29) is 0 Å². The maximum atomic E-state index is 9.00. The Kier molecular flexibility index (Phi) is 5.74. The zero-order valence-corrected chi connectivity index (χ0v) is 18.3. The van der Waals surface area contributed by atoms with Crippen molar-refractivity contribution < 1.29 is 0 Å². The minimum atomic E-state index is -3.31. The Morgan fingerprint density at radius 3 is 1.30 bits per heavy atom. The summed E-state index contributed by atoms with van der Waals surface area (Å²) in [6.07, 6.45) is 1.12. The van der Waals surface area contributed by atoms with Gasteiger partial charge in [0.15, 0.2) is 0 Å². The summed E-state index contributed by atoms with van der Waals surface area (Å²) in [5, 5.41) is 12.5. The zero-order chi connectivity index (χ0) is 20.9. The molecule has 4 aromatic rings. The molecule has 0 N–H and O–H groups in total. The Balaban J connectivity index is 2.00. The standard InChI is InChI=1S/C27H23ClNP/c28-30(25-10-4-1-5-11-25,26-12-6-2-7-13-26,27-14-8-3-9-15-27)22-24-18-16-23(17-19-24)20-21-29/h1-19H,20,22H2. The van der Waals surface area contributed by atoms with E-state index < -0.39 is 5.96 Å². The number of rotatable bonds is 6. The van der Waals surface area contributed by atoms with Gasteiger partial charge < -0.3 is 0 Å². The van der Waals surface area contributed by atoms with Crippen LogP contribution in [-0.2, 0) is 12.6 Å². The van der Waals surface area contributed by atoms with Crippen LogP contribution in [0, 0.1) is 11.3 Å². The van der Waals surface area contributed by atoms with Crippen molar-refractivity contribution in [2.75, 3.05) is 0 Å². The van der Waals surface area contributed by atoms with Gasteiger partial charge >= 0.3 is 183 Å². The van der Waals surface area contributed by atoms with E-state index in [1.807, 2.05) is 30.3 Å². The van der Waals surface area contributed by atoms with Crippen LogP contribution in [0.15, 0.2) is 115 Å². The molecule has 0 aromatic heterocycles. The number of halogens is 1. The summed E-state index contributed by atoms with van der Waals surface area (Å²) in [5.41, 5.74) is 2.19. The van der Waals surface area contributed by atoms with Gasteiger partial charge in [-0.25, -0.2) is 0 Å². The van der Waals surface area contributed by atoms with E-state index in [9.17, 15) is 0 Å². The van der Waals surface area contributed by atoms with Crippen molar-refractivity contribution in [2.24, 2.45) is 0 Å². The summed E-state index contributed by atoms with van der Waals surface area (Å²) in [6, 6.07) is 42.0. The van der Waals surface area contributed by atoms with E-state index in [0.717, 1.165) is 21.5 Å². The van der Waals surface area contributed by atoms with Gasteiger partial charge in [-0.15, -0.1) is 0 Å². The maximum absolute atomic E-state index is 9.00. The molecule has 0 saturated heterocycles. The van der Waals surface area contributed by atoms with Crippen molar-refractivity contribution in [1.29, 1.82) is 5.26 Å². The van der Waals surface area contributed by atoms with Gasteiger partial charge in [0.25, 0.3) is 0 Å². The number of nitriles is 1. The Labute approximate surface area is 183 Å². The molecule has 4 aromatic carbocycles. The second kappa shape index (κ2) is 8.45.